The predicted octanol–water partition coefficient (Wildman–Crippen LogP) is 2.18. The standard InChI is InChI=1S/C12H15N3O3/c1-12(2,17)10(14-15-13)11(16)18-8-9-6-4-3-5-7-9/h3-7,10,17H,8H2,1-2H3/t10-/m0/s1. The molecular weight excluding hydrogens is 234 g/mol. The number of nitrogens with zero attached hydrogens (tertiary/aromatic N) is 3. The van der Waals surface area contributed by atoms with Crippen LogP contribution in [0.15, 0.2) is 35.4 Å². The van der Waals surface area contributed by atoms with Crippen molar-refractivity contribution in [3.8, 4) is 0 Å². The molecule has 0 saturated carbocycles. The van der Waals surface area contributed by atoms with Crippen LogP contribution in [0.3, 0.4) is 0 Å². The molecule has 0 fully saturated rings. The number of aliphatic hydroxyl groups is 1. The maximum atomic E-state index is 11.7. The molecule has 6 nitrogen and oxygen atoms in total. The Morgan fingerprint density at radius 2 is 2.11 bits per heavy atom. The molecule has 96 valence electrons. The molecule has 0 saturated heterocycles. The van der Waals surface area contributed by atoms with Crippen molar-refractivity contribution in [2.24, 2.45) is 5.11 Å². The quantitative estimate of drug-likeness (QED) is 0.375. The maximum absolute atomic E-state index is 11.7. The first-order valence-corrected chi connectivity index (χ1v) is 5.42. The zero-order valence-corrected chi connectivity index (χ0v) is 10.3. The van der Waals surface area contributed by atoms with E-state index in [9.17, 15) is 9.90 Å². The second-order valence-electron chi connectivity index (χ2n) is 4.35. The van der Waals surface area contributed by atoms with Gasteiger partial charge in [0.15, 0.2) is 6.04 Å². The molecule has 1 atom stereocenters. The Bertz CT molecular complexity index is 447. The van der Waals surface area contributed by atoms with Gasteiger partial charge in [0.2, 0.25) is 0 Å². The molecule has 0 amide bonds. The fourth-order valence-electron chi connectivity index (χ4n) is 1.34. The van der Waals surface area contributed by atoms with Crippen LogP contribution in [0.1, 0.15) is 19.4 Å². The monoisotopic (exact) mass is 249 g/mol. The Morgan fingerprint density at radius 3 is 2.61 bits per heavy atom. The Hall–Kier alpha value is -2.04. The molecule has 0 aliphatic heterocycles. The van der Waals surface area contributed by atoms with E-state index in [1.54, 1.807) is 12.1 Å². The molecule has 0 aliphatic carbocycles. The average Bonchev–Trinajstić information content (AvgIpc) is 2.33. The molecule has 1 N–H and O–H groups in total. The molecule has 6 heteroatoms. The zero-order chi connectivity index (χ0) is 13.6. The highest BCUT2D eigenvalue weighted by Crippen LogP contribution is 2.15. The maximum Gasteiger partial charge on any atom is 0.318 e. The van der Waals surface area contributed by atoms with E-state index in [-0.39, 0.29) is 6.61 Å². The van der Waals surface area contributed by atoms with Crippen molar-refractivity contribution in [1.82, 2.24) is 0 Å². The highest BCUT2D eigenvalue weighted by molar-refractivity contribution is 5.77. The lowest BCUT2D eigenvalue weighted by molar-refractivity contribution is -0.151. The molecule has 1 aromatic carbocycles. The molecular formula is C12H15N3O3. The van der Waals surface area contributed by atoms with Gasteiger partial charge in [-0.2, -0.15) is 0 Å². The van der Waals surface area contributed by atoms with Crippen LogP contribution in [0.4, 0.5) is 0 Å². The van der Waals surface area contributed by atoms with Crippen molar-refractivity contribution in [2.75, 3.05) is 0 Å². The van der Waals surface area contributed by atoms with Crippen molar-refractivity contribution in [3.63, 3.8) is 0 Å². The van der Waals surface area contributed by atoms with E-state index in [0.717, 1.165) is 5.56 Å². The third-order valence-corrected chi connectivity index (χ3v) is 2.28. The van der Waals surface area contributed by atoms with Gasteiger partial charge in [0.1, 0.15) is 6.61 Å². The summed E-state index contributed by atoms with van der Waals surface area (Å²) in [5.74, 6) is -0.746. The molecule has 0 radical (unpaired) electrons. The van der Waals surface area contributed by atoms with Crippen LogP contribution in [0.5, 0.6) is 0 Å². The summed E-state index contributed by atoms with van der Waals surface area (Å²) in [6.45, 7) is 2.85. The van der Waals surface area contributed by atoms with Crippen molar-refractivity contribution >= 4 is 5.97 Å². The lowest BCUT2D eigenvalue weighted by atomic mass is 10.0. The number of hydrogen-bond acceptors (Lipinski definition) is 4. The average molecular weight is 249 g/mol. The summed E-state index contributed by atoms with van der Waals surface area (Å²) in [6, 6.07) is 7.85. The van der Waals surface area contributed by atoms with Gasteiger partial charge in [-0.3, -0.25) is 4.79 Å². The number of esters is 1. The van der Waals surface area contributed by atoms with Gasteiger partial charge in [0.25, 0.3) is 0 Å². The van der Waals surface area contributed by atoms with E-state index >= 15 is 0 Å². The van der Waals surface area contributed by atoms with E-state index in [0.29, 0.717) is 0 Å². The van der Waals surface area contributed by atoms with Gasteiger partial charge >= 0.3 is 5.97 Å². The minimum absolute atomic E-state index is 0.0766. The van der Waals surface area contributed by atoms with Gasteiger partial charge in [-0.1, -0.05) is 35.4 Å². The number of rotatable bonds is 5. The van der Waals surface area contributed by atoms with Gasteiger partial charge in [-0.25, -0.2) is 0 Å². The number of hydrogen-bond donors (Lipinski definition) is 1. The molecule has 0 aromatic heterocycles. The summed E-state index contributed by atoms with van der Waals surface area (Å²) < 4.78 is 5.01. The Labute approximate surface area is 105 Å². The lowest BCUT2D eigenvalue weighted by Gasteiger charge is -2.23. The number of benzene rings is 1. The Morgan fingerprint density at radius 1 is 1.50 bits per heavy atom. The summed E-state index contributed by atoms with van der Waals surface area (Å²) in [7, 11) is 0. The van der Waals surface area contributed by atoms with Crippen LogP contribution < -0.4 is 0 Å². The number of azide groups is 1. The van der Waals surface area contributed by atoms with Crippen LogP contribution in [-0.2, 0) is 16.1 Å². The van der Waals surface area contributed by atoms with Gasteiger partial charge in [-0.15, -0.1) is 0 Å². The van der Waals surface area contributed by atoms with Gasteiger partial charge in [0, 0.05) is 4.91 Å². The minimum atomic E-state index is -1.46. The first-order chi connectivity index (χ1) is 8.45. The second kappa shape index (κ2) is 6.05. The van der Waals surface area contributed by atoms with Crippen LogP contribution in [0.25, 0.3) is 10.4 Å². The van der Waals surface area contributed by atoms with Crippen LogP contribution >= 0.6 is 0 Å². The third-order valence-electron chi connectivity index (χ3n) is 2.28. The largest absolute Gasteiger partial charge is 0.460 e. The summed E-state index contributed by atoms with van der Waals surface area (Å²) >= 11 is 0. The van der Waals surface area contributed by atoms with Crippen molar-refractivity contribution in [2.45, 2.75) is 32.1 Å². The number of ether oxygens (including phenoxy) is 1. The van der Waals surface area contributed by atoms with Crippen molar-refractivity contribution in [3.05, 3.63) is 46.3 Å². The molecule has 1 rings (SSSR count). The fraction of sp³-hybridized carbons (Fsp3) is 0.417. The predicted molar refractivity (Wildman–Crippen MR) is 65.5 cm³/mol. The summed E-state index contributed by atoms with van der Waals surface area (Å²) in [4.78, 5) is 14.2. The normalized spacial score (nSPS) is 12.4. The molecule has 0 aliphatic rings. The highest BCUT2D eigenvalue weighted by atomic mass is 16.5. The Kier molecular flexibility index (Phi) is 4.71. The van der Waals surface area contributed by atoms with E-state index in [4.69, 9.17) is 10.3 Å². The lowest BCUT2D eigenvalue weighted by Crippen LogP contribution is -2.41. The topological polar surface area (TPSA) is 95.3 Å². The van der Waals surface area contributed by atoms with E-state index in [1.807, 2.05) is 18.2 Å². The fourth-order valence-corrected chi connectivity index (χ4v) is 1.34. The van der Waals surface area contributed by atoms with Crippen LogP contribution in [0.2, 0.25) is 0 Å². The van der Waals surface area contributed by atoms with E-state index in [1.165, 1.54) is 13.8 Å². The number of carbonyl (C=O) groups is 1. The number of carbonyl (C=O) groups excluding carboxylic acids is 1. The molecule has 0 unspecified atom stereocenters. The van der Waals surface area contributed by atoms with Crippen LogP contribution in [-0.4, -0.2) is 22.7 Å². The molecule has 1 aromatic rings. The van der Waals surface area contributed by atoms with Gasteiger partial charge in [-0.05, 0) is 24.9 Å². The molecule has 0 bridgehead atoms. The van der Waals surface area contributed by atoms with E-state index in [2.05, 4.69) is 10.0 Å². The van der Waals surface area contributed by atoms with E-state index < -0.39 is 17.6 Å². The first kappa shape index (κ1) is 14.0. The van der Waals surface area contributed by atoms with Crippen molar-refractivity contribution < 1.29 is 14.6 Å². The highest BCUT2D eigenvalue weighted by Gasteiger charge is 2.33. The molecule has 0 heterocycles. The summed E-state index contributed by atoms with van der Waals surface area (Å²) in [5, 5.41) is 13.0. The second-order valence-corrected chi connectivity index (χ2v) is 4.35. The molecule has 0 spiro atoms. The third kappa shape index (κ3) is 4.08. The Balaban J connectivity index is 2.66. The van der Waals surface area contributed by atoms with Crippen molar-refractivity contribution in [1.29, 1.82) is 0 Å². The van der Waals surface area contributed by atoms with Gasteiger partial charge < -0.3 is 9.84 Å². The summed E-state index contributed by atoms with van der Waals surface area (Å²) in [5.41, 5.74) is 7.74. The minimum Gasteiger partial charge on any atom is -0.460 e. The zero-order valence-electron chi connectivity index (χ0n) is 10.3. The van der Waals surface area contributed by atoms with Gasteiger partial charge in [0.05, 0.1) is 5.60 Å². The smallest absolute Gasteiger partial charge is 0.318 e. The van der Waals surface area contributed by atoms with Crippen LogP contribution in [0, 0.1) is 0 Å². The molecule has 18 heavy (non-hydrogen) atoms. The SMILES string of the molecule is CC(C)(O)[C@@H](N=[N+]=[N-])C(=O)OCc1ccccc1. The first-order valence-electron chi connectivity index (χ1n) is 5.42. The summed E-state index contributed by atoms with van der Waals surface area (Å²) in [6.07, 6.45) is 0.